The summed E-state index contributed by atoms with van der Waals surface area (Å²) in [7, 11) is 0. The maximum absolute atomic E-state index is 11.4. The van der Waals surface area contributed by atoms with Gasteiger partial charge in [0, 0.05) is 6.42 Å². The van der Waals surface area contributed by atoms with E-state index in [1.165, 1.54) is 5.56 Å². The lowest BCUT2D eigenvalue weighted by Crippen LogP contribution is -2.56. The van der Waals surface area contributed by atoms with Crippen LogP contribution < -0.4 is 16.2 Å². The lowest BCUT2D eigenvalue weighted by atomic mass is 9.80. The lowest BCUT2D eigenvalue weighted by molar-refractivity contribution is -0.125. The van der Waals surface area contributed by atoms with Crippen molar-refractivity contribution in [3.05, 3.63) is 29.8 Å². The van der Waals surface area contributed by atoms with Crippen molar-refractivity contribution in [2.45, 2.75) is 50.7 Å². The van der Waals surface area contributed by atoms with E-state index < -0.39 is 11.4 Å². The van der Waals surface area contributed by atoms with Crippen molar-refractivity contribution < 1.29 is 9.53 Å². The summed E-state index contributed by atoms with van der Waals surface area (Å²) in [6.45, 7) is 2.11. The maximum atomic E-state index is 11.4. The van der Waals surface area contributed by atoms with Crippen LogP contribution in [0.4, 0.5) is 0 Å². The number of amides is 1. The smallest absolute Gasteiger partial charge is 0.237 e. The van der Waals surface area contributed by atoms with Crippen LogP contribution in [0.25, 0.3) is 0 Å². The Morgan fingerprint density at radius 2 is 2.32 bits per heavy atom. The number of carbonyl (C=O) groups is 1. The molecule has 1 amide bonds. The first kappa shape index (κ1) is 13.9. The Bertz CT molecular complexity index is 461. The van der Waals surface area contributed by atoms with Gasteiger partial charge >= 0.3 is 0 Å². The number of carbonyl (C=O) groups excluding carboxylic acids is 1. The van der Waals surface area contributed by atoms with Gasteiger partial charge in [-0.05, 0) is 43.4 Å². The summed E-state index contributed by atoms with van der Waals surface area (Å²) in [6, 6.07) is 8.04. The molecule has 1 fully saturated rings. The van der Waals surface area contributed by atoms with Crippen molar-refractivity contribution in [3.8, 4) is 5.75 Å². The van der Waals surface area contributed by atoms with Gasteiger partial charge < -0.3 is 16.2 Å². The number of nitrogens with two attached hydrogens (primary N) is 2. The van der Waals surface area contributed by atoms with E-state index in [1.807, 2.05) is 18.2 Å². The molecule has 1 aliphatic carbocycles. The number of ether oxygens (including phenoxy) is 1. The van der Waals surface area contributed by atoms with E-state index >= 15 is 0 Å². The van der Waals surface area contributed by atoms with Crippen LogP contribution >= 0.6 is 0 Å². The summed E-state index contributed by atoms with van der Waals surface area (Å²) >= 11 is 0. The molecule has 1 saturated carbocycles. The molecule has 4 nitrogen and oxygen atoms in total. The third kappa shape index (κ3) is 3.26. The topological polar surface area (TPSA) is 78.3 Å². The van der Waals surface area contributed by atoms with E-state index in [9.17, 15) is 4.79 Å². The average molecular weight is 262 g/mol. The fraction of sp³-hybridized carbons (Fsp3) is 0.533. The minimum Gasteiger partial charge on any atom is -0.490 e. The van der Waals surface area contributed by atoms with Crippen molar-refractivity contribution in [3.63, 3.8) is 0 Å². The third-order valence-corrected chi connectivity index (χ3v) is 3.84. The van der Waals surface area contributed by atoms with Crippen LogP contribution in [-0.4, -0.2) is 17.6 Å². The third-order valence-electron chi connectivity index (χ3n) is 3.84. The molecule has 1 aromatic rings. The predicted molar refractivity (Wildman–Crippen MR) is 74.8 cm³/mol. The second-order valence-corrected chi connectivity index (χ2v) is 5.36. The highest BCUT2D eigenvalue weighted by Crippen LogP contribution is 2.29. The van der Waals surface area contributed by atoms with Gasteiger partial charge in [0.1, 0.15) is 11.9 Å². The Morgan fingerprint density at radius 3 is 3.00 bits per heavy atom. The molecule has 2 unspecified atom stereocenters. The zero-order valence-electron chi connectivity index (χ0n) is 11.4. The molecule has 0 saturated heterocycles. The van der Waals surface area contributed by atoms with Gasteiger partial charge in [-0.15, -0.1) is 0 Å². The van der Waals surface area contributed by atoms with Crippen LogP contribution in [0.1, 0.15) is 38.2 Å². The van der Waals surface area contributed by atoms with E-state index in [4.69, 9.17) is 16.2 Å². The molecule has 1 aliphatic rings. The van der Waals surface area contributed by atoms with Crippen LogP contribution in [0.15, 0.2) is 24.3 Å². The van der Waals surface area contributed by atoms with Crippen molar-refractivity contribution in [1.82, 2.24) is 0 Å². The predicted octanol–water partition coefficient (Wildman–Crippen LogP) is 1.75. The average Bonchev–Trinajstić information content (AvgIpc) is 2.39. The highest BCUT2D eigenvalue weighted by Gasteiger charge is 2.38. The zero-order valence-corrected chi connectivity index (χ0v) is 11.4. The first-order valence-electron chi connectivity index (χ1n) is 6.88. The molecule has 0 heterocycles. The van der Waals surface area contributed by atoms with Gasteiger partial charge in [0.15, 0.2) is 0 Å². The highest BCUT2D eigenvalue weighted by molar-refractivity contribution is 5.84. The van der Waals surface area contributed by atoms with Crippen LogP contribution in [-0.2, 0) is 11.2 Å². The molecular weight excluding hydrogens is 240 g/mol. The first-order chi connectivity index (χ1) is 9.03. The number of primary amides is 1. The fourth-order valence-electron chi connectivity index (χ4n) is 2.61. The Labute approximate surface area is 114 Å². The normalized spacial score (nSPS) is 26.9. The molecule has 0 aromatic heterocycles. The minimum absolute atomic E-state index is 0.0293. The second kappa shape index (κ2) is 5.61. The monoisotopic (exact) mass is 262 g/mol. The largest absolute Gasteiger partial charge is 0.490 e. The van der Waals surface area contributed by atoms with Crippen molar-refractivity contribution in [2.75, 3.05) is 0 Å². The van der Waals surface area contributed by atoms with Gasteiger partial charge in [0.05, 0.1) is 5.54 Å². The number of rotatable bonds is 4. The molecule has 4 N–H and O–H groups in total. The van der Waals surface area contributed by atoms with Crippen LogP contribution in [0.3, 0.4) is 0 Å². The van der Waals surface area contributed by atoms with Gasteiger partial charge in [0.2, 0.25) is 5.91 Å². The summed E-state index contributed by atoms with van der Waals surface area (Å²) in [6.07, 6.45) is 3.89. The number of hydrogen-bond donors (Lipinski definition) is 2. The number of benzene rings is 1. The molecular formula is C15H22N2O2. The quantitative estimate of drug-likeness (QED) is 0.867. The number of aryl methyl sites for hydroxylation is 1. The summed E-state index contributed by atoms with van der Waals surface area (Å²) in [4.78, 5) is 11.4. The summed E-state index contributed by atoms with van der Waals surface area (Å²) in [5.41, 5.74) is 11.8. The SMILES string of the molecule is CCc1cccc(OC2CCCC(N)(C(N)=O)C2)c1. The molecule has 0 spiro atoms. The van der Waals surface area contributed by atoms with Gasteiger partial charge in [-0.1, -0.05) is 19.1 Å². The fourth-order valence-corrected chi connectivity index (χ4v) is 2.61. The van der Waals surface area contributed by atoms with Gasteiger partial charge in [-0.3, -0.25) is 4.79 Å². The molecule has 104 valence electrons. The minimum atomic E-state index is -0.911. The molecule has 0 radical (unpaired) electrons. The van der Waals surface area contributed by atoms with E-state index in [0.29, 0.717) is 12.8 Å². The van der Waals surface area contributed by atoms with Gasteiger partial charge in [-0.25, -0.2) is 0 Å². The molecule has 0 bridgehead atoms. The van der Waals surface area contributed by atoms with Crippen LogP contribution in [0.5, 0.6) is 5.75 Å². The van der Waals surface area contributed by atoms with E-state index in [0.717, 1.165) is 25.0 Å². The van der Waals surface area contributed by atoms with Crippen molar-refractivity contribution in [1.29, 1.82) is 0 Å². The standard InChI is InChI=1S/C15H22N2O2/c1-2-11-5-3-6-12(9-11)19-13-7-4-8-15(17,10-13)14(16)18/h3,5-6,9,13H,2,4,7-8,10,17H2,1H3,(H2,16,18). The van der Waals surface area contributed by atoms with E-state index in [2.05, 4.69) is 13.0 Å². The molecule has 4 heteroatoms. The van der Waals surface area contributed by atoms with Crippen molar-refractivity contribution >= 4 is 5.91 Å². The highest BCUT2D eigenvalue weighted by atomic mass is 16.5. The Morgan fingerprint density at radius 1 is 1.53 bits per heavy atom. The Balaban J connectivity index is 2.04. The summed E-state index contributed by atoms with van der Waals surface area (Å²) in [5, 5.41) is 0. The molecule has 2 rings (SSSR count). The van der Waals surface area contributed by atoms with E-state index in [-0.39, 0.29) is 6.10 Å². The Hall–Kier alpha value is -1.55. The van der Waals surface area contributed by atoms with Gasteiger partial charge in [-0.2, -0.15) is 0 Å². The lowest BCUT2D eigenvalue weighted by Gasteiger charge is -2.35. The zero-order chi connectivity index (χ0) is 13.9. The summed E-state index contributed by atoms with van der Waals surface area (Å²) in [5.74, 6) is 0.418. The second-order valence-electron chi connectivity index (χ2n) is 5.36. The number of hydrogen-bond acceptors (Lipinski definition) is 3. The molecule has 19 heavy (non-hydrogen) atoms. The van der Waals surface area contributed by atoms with Gasteiger partial charge in [0.25, 0.3) is 0 Å². The van der Waals surface area contributed by atoms with Crippen molar-refractivity contribution in [2.24, 2.45) is 11.5 Å². The first-order valence-corrected chi connectivity index (χ1v) is 6.88. The summed E-state index contributed by atoms with van der Waals surface area (Å²) < 4.78 is 5.96. The molecule has 0 aliphatic heterocycles. The van der Waals surface area contributed by atoms with Crippen LogP contribution in [0, 0.1) is 0 Å². The van der Waals surface area contributed by atoms with E-state index in [1.54, 1.807) is 0 Å². The maximum Gasteiger partial charge on any atom is 0.237 e. The molecule has 1 aromatic carbocycles. The molecule has 2 atom stereocenters. The Kier molecular flexibility index (Phi) is 4.10. The van der Waals surface area contributed by atoms with Crippen LogP contribution in [0.2, 0.25) is 0 Å².